The van der Waals surface area contributed by atoms with Crippen LogP contribution in [0.1, 0.15) is 41.2 Å². The van der Waals surface area contributed by atoms with Crippen molar-refractivity contribution in [3.8, 4) is 0 Å². The summed E-state index contributed by atoms with van der Waals surface area (Å²) < 4.78 is 5.08. The number of carbonyl (C=O) groups excluding carboxylic acids is 1. The Labute approximate surface area is 129 Å². The molecule has 1 aromatic rings. The fourth-order valence-corrected chi connectivity index (χ4v) is 4.35. The van der Waals surface area contributed by atoms with Gasteiger partial charge in [-0.25, -0.2) is 4.98 Å². The summed E-state index contributed by atoms with van der Waals surface area (Å²) in [6.07, 6.45) is 4.68. The lowest BCUT2D eigenvalue weighted by molar-refractivity contribution is 0.0658. The molecule has 2 fully saturated rings. The minimum Gasteiger partial charge on any atom is -0.378 e. The fraction of sp³-hybridized carbons (Fsp3) is 0.733. The zero-order chi connectivity index (χ0) is 14.8. The summed E-state index contributed by atoms with van der Waals surface area (Å²) >= 11 is 1.50. The number of methoxy groups -OCH3 is 1. The van der Waals surface area contributed by atoms with Gasteiger partial charge in [0.15, 0.2) is 0 Å². The van der Waals surface area contributed by atoms with Crippen LogP contribution in [0.3, 0.4) is 0 Å². The first-order valence-corrected chi connectivity index (χ1v) is 8.53. The summed E-state index contributed by atoms with van der Waals surface area (Å²) in [4.78, 5) is 21.6. The van der Waals surface area contributed by atoms with E-state index in [0.29, 0.717) is 24.4 Å². The number of aromatic nitrogens is 1. The molecule has 0 aliphatic carbocycles. The van der Waals surface area contributed by atoms with Crippen molar-refractivity contribution < 1.29 is 9.53 Å². The van der Waals surface area contributed by atoms with Gasteiger partial charge in [0.25, 0.3) is 5.91 Å². The highest BCUT2D eigenvalue weighted by Crippen LogP contribution is 2.30. The molecule has 6 heteroatoms. The number of thiazole rings is 1. The molecule has 0 radical (unpaired) electrons. The third-order valence-corrected chi connectivity index (χ3v) is 5.44. The predicted octanol–water partition coefficient (Wildman–Crippen LogP) is 1.99. The molecule has 3 heterocycles. The average Bonchev–Trinajstić information content (AvgIpc) is 3.17. The van der Waals surface area contributed by atoms with E-state index in [1.165, 1.54) is 24.2 Å². The lowest BCUT2D eigenvalue weighted by Gasteiger charge is -2.32. The van der Waals surface area contributed by atoms with Gasteiger partial charge >= 0.3 is 0 Å². The summed E-state index contributed by atoms with van der Waals surface area (Å²) in [5.74, 6) is 0.0939. The first-order chi connectivity index (χ1) is 10.2. The first kappa shape index (κ1) is 14.9. The van der Waals surface area contributed by atoms with Crippen molar-refractivity contribution in [1.82, 2.24) is 14.8 Å². The number of hydrogen-bond donors (Lipinski definition) is 0. The summed E-state index contributed by atoms with van der Waals surface area (Å²) in [5, 5.41) is 2.74. The van der Waals surface area contributed by atoms with Crippen LogP contribution in [-0.2, 0) is 11.3 Å². The second-order valence-corrected chi connectivity index (χ2v) is 6.90. The van der Waals surface area contributed by atoms with Crippen molar-refractivity contribution in [3.63, 3.8) is 0 Å². The van der Waals surface area contributed by atoms with Gasteiger partial charge in [0.2, 0.25) is 0 Å². The molecule has 2 aliphatic heterocycles. The van der Waals surface area contributed by atoms with Gasteiger partial charge in [0, 0.05) is 31.1 Å². The SMILES string of the molecule is COCc1nc(C(=O)N2CCCC2C2CCCN2C)cs1. The lowest BCUT2D eigenvalue weighted by atomic mass is 10.0. The van der Waals surface area contributed by atoms with Crippen LogP contribution in [-0.4, -0.2) is 60.0 Å². The number of ether oxygens (including phenoxy) is 1. The topological polar surface area (TPSA) is 45.7 Å². The number of likely N-dealkylation sites (N-methyl/N-ethyl adjacent to an activating group) is 1. The van der Waals surface area contributed by atoms with Crippen LogP contribution in [0.5, 0.6) is 0 Å². The second-order valence-electron chi connectivity index (χ2n) is 5.96. The van der Waals surface area contributed by atoms with Crippen molar-refractivity contribution in [2.45, 2.75) is 44.4 Å². The molecule has 2 unspecified atom stereocenters. The van der Waals surface area contributed by atoms with E-state index in [1.807, 2.05) is 5.38 Å². The maximum Gasteiger partial charge on any atom is 0.273 e. The van der Waals surface area contributed by atoms with E-state index in [1.54, 1.807) is 7.11 Å². The first-order valence-electron chi connectivity index (χ1n) is 7.65. The Morgan fingerprint density at radius 3 is 2.86 bits per heavy atom. The third kappa shape index (κ3) is 2.98. The van der Waals surface area contributed by atoms with Crippen LogP contribution < -0.4 is 0 Å². The zero-order valence-corrected chi connectivity index (χ0v) is 13.6. The standard InChI is InChI=1S/C15H23N3O2S/c1-17-7-3-5-12(17)13-6-4-8-18(13)15(19)11-10-21-14(16-11)9-20-2/h10,12-13H,3-9H2,1-2H3. The van der Waals surface area contributed by atoms with Gasteiger partial charge in [-0.2, -0.15) is 0 Å². The number of likely N-dealkylation sites (tertiary alicyclic amines) is 2. The van der Waals surface area contributed by atoms with E-state index >= 15 is 0 Å². The number of rotatable bonds is 4. The molecule has 21 heavy (non-hydrogen) atoms. The van der Waals surface area contributed by atoms with Gasteiger partial charge in [-0.15, -0.1) is 11.3 Å². The Balaban J connectivity index is 1.73. The van der Waals surface area contributed by atoms with E-state index in [0.717, 1.165) is 30.9 Å². The Morgan fingerprint density at radius 1 is 1.38 bits per heavy atom. The van der Waals surface area contributed by atoms with Crippen LogP contribution in [0.2, 0.25) is 0 Å². The van der Waals surface area contributed by atoms with Crippen LogP contribution in [0.15, 0.2) is 5.38 Å². The Hall–Kier alpha value is -0.980. The molecular weight excluding hydrogens is 286 g/mol. The summed E-state index contributed by atoms with van der Waals surface area (Å²) in [6.45, 7) is 2.50. The van der Waals surface area contributed by atoms with E-state index < -0.39 is 0 Å². The highest BCUT2D eigenvalue weighted by Gasteiger charge is 2.39. The maximum atomic E-state index is 12.7. The van der Waals surface area contributed by atoms with E-state index in [2.05, 4.69) is 21.8 Å². The molecule has 0 aromatic carbocycles. The fourth-order valence-electron chi connectivity index (χ4n) is 3.61. The van der Waals surface area contributed by atoms with Gasteiger partial charge in [-0.1, -0.05) is 0 Å². The van der Waals surface area contributed by atoms with Crippen molar-refractivity contribution in [2.24, 2.45) is 0 Å². The third-order valence-electron chi connectivity index (χ3n) is 4.62. The Kier molecular flexibility index (Phi) is 4.57. The second kappa shape index (κ2) is 6.42. The Morgan fingerprint density at radius 2 is 2.14 bits per heavy atom. The van der Waals surface area contributed by atoms with Crippen LogP contribution in [0, 0.1) is 0 Å². The lowest BCUT2D eigenvalue weighted by Crippen LogP contribution is -2.47. The molecule has 2 saturated heterocycles. The number of amides is 1. The van der Waals surface area contributed by atoms with Gasteiger partial charge < -0.3 is 14.5 Å². The predicted molar refractivity (Wildman–Crippen MR) is 82.5 cm³/mol. The van der Waals surface area contributed by atoms with Crippen LogP contribution in [0.25, 0.3) is 0 Å². The highest BCUT2D eigenvalue weighted by atomic mass is 32.1. The van der Waals surface area contributed by atoms with Gasteiger partial charge in [-0.3, -0.25) is 4.79 Å². The number of nitrogens with zero attached hydrogens (tertiary/aromatic N) is 3. The van der Waals surface area contributed by atoms with Gasteiger partial charge in [0.1, 0.15) is 10.7 Å². The van der Waals surface area contributed by atoms with Crippen molar-refractivity contribution in [2.75, 3.05) is 27.2 Å². The Bertz CT molecular complexity index is 505. The molecule has 1 amide bonds. The largest absolute Gasteiger partial charge is 0.378 e. The summed E-state index contributed by atoms with van der Waals surface area (Å²) in [5.41, 5.74) is 0.583. The summed E-state index contributed by atoms with van der Waals surface area (Å²) in [6, 6.07) is 0.881. The van der Waals surface area contributed by atoms with Crippen LogP contribution in [0.4, 0.5) is 0 Å². The molecule has 0 saturated carbocycles. The number of hydrogen-bond acceptors (Lipinski definition) is 5. The molecule has 1 aromatic heterocycles. The molecule has 3 rings (SSSR count). The summed E-state index contributed by atoms with van der Waals surface area (Å²) in [7, 11) is 3.83. The van der Waals surface area contributed by atoms with E-state index in [9.17, 15) is 4.79 Å². The molecule has 5 nitrogen and oxygen atoms in total. The minimum absolute atomic E-state index is 0.0939. The molecule has 0 N–H and O–H groups in total. The van der Waals surface area contributed by atoms with Crippen molar-refractivity contribution in [3.05, 3.63) is 16.1 Å². The molecule has 116 valence electrons. The van der Waals surface area contributed by atoms with E-state index in [-0.39, 0.29) is 5.91 Å². The molecular formula is C15H23N3O2S. The van der Waals surface area contributed by atoms with Crippen molar-refractivity contribution in [1.29, 1.82) is 0 Å². The molecule has 0 bridgehead atoms. The van der Waals surface area contributed by atoms with Crippen molar-refractivity contribution >= 4 is 17.2 Å². The molecule has 2 aliphatic rings. The quantitative estimate of drug-likeness (QED) is 0.853. The van der Waals surface area contributed by atoms with Gasteiger partial charge in [-0.05, 0) is 39.3 Å². The van der Waals surface area contributed by atoms with E-state index in [4.69, 9.17) is 4.74 Å². The number of carbonyl (C=O) groups is 1. The maximum absolute atomic E-state index is 12.7. The molecule has 2 atom stereocenters. The average molecular weight is 309 g/mol. The minimum atomic E-state index is 0.0939. The normalized spacial score (nSPS) is 26.7. The smallest absolute Gasteiger partial charge is 0.273 e. The molecule has 0 spiro atoms. The highest BCUT2D eigenvalue weighted by molar-refractivity contribution is 7.09. The monoisotopic (exact) mass is 309 g/mol. The van der Waals surface area contributed by atoms with Crippen LogP contribution >= 0.6 is 11.3 Å². The van der Waals surface area contributed by atoms with Gasteiger partial charge in [0.05, 0.1) is 6.61 Å². The zero-order valence-electron chi connectivity index (χ0n) is 12.7.